The minimum absolute atomic E-state index is 0.632. The molecule has 1 saturated heterocycles. The van der Waals surface area contributed by atoms with Gasteiger partial charge in [-0.1, -0.05) is 6.07 Å². The summed E-state index contributed by atoms with van der Waals surface area (Å²) in [4.78, 5) is 11.3. The van der Waals surface area contributed by atoms with Gasteiger partial charge in [-0.25, -0.2) is 4.98 Å². The predicted molar refractivity (Wildman–Crippen MR) is 114 cm³/mol. The molecule has 7 heteroatoms. The molecule has 0 bridgehead atoms. The Morgan fingerprint density at radius 3 is 2.80 bits per heavy atom. The third-order valence-corrected chi connectivity index (χ3v) is 6.14. The maximum atomic E-state index is 11.3. The van der Waals surface area contributed by atoms with Crippen LogP contribution in [0.15, 0.2) is 53.4 Å². The third kappa shape index (κ3) is 3.15. The first-order valence-corrected chi connectivity index (χ1v) is 10.3. The number of aromatic nitrogens is 4. The number of rotatable bonds is 3. The van der Waals surface area contributed by atoms with E-state index in [1.54, 1.807) is 18.7 Å². The molecular formula is C23H25N5O2. The standard InChI is InChI=1S/C23H25N5O2/c1-16-17(2)25-21-14-19(20-7-4-13-30-20)26-28(21)22(16)27-11-5-8-23(29,9-12-27)18-6-3-10-24-15-18/h3-4,6-7,10,13-15,29H,5,8-9,11-12H2,1-2H3/t23-/m1/s1. The minimum atomic E-state index is -0.860. The highest BCUT2D eigenvalue weighted by Crippen LogP contribution is 2.35. The lowest BCUT2D eigenvalue weighted by atomic mass is 9.88. The van der Waals surface area contributed by atoms with Gasteiger partial charge in [-0.3, -0.25) is 4.98 Å². The smallest absolute Gasteiger partial charge is 0.158 e. The van der Waals surface area contributed by atoms with E-state index in [-0.39, 0.29) is 0 Å². The number of hydrogen-bond donors (Lipinski definition) is 1. The van der Waals surface area contributed by atoms with Crippen LogP contribution < -0.4 is 4.90 Å². The zero-order valence-electron chi connectivity index (χ0n) is 17.2. The Bertz CT molecular complexity index is 1170. The number of nitrogens with zero attached hydrogens (tertiary/aromatic N) is 5. The lowest BCUT2D eigenvalue weighted by molar-refractivity contribution is 0.0241. The molecular weight excluding hydrogens is 378 g/mol. The Labute approximate surface area is 175 Å². The van der Waals surface area contributed by atoms with Crippen molar-refractivity contribution in [1.82, 2.24) is 19.6 Å². The number of aliphatic hydroxyl groups is 1. The Balaban J connectivity index is 1.53. The second-order valence-electron chi connectivity index (χ2n) is 8.04. The van der Waals surface area contributed by atoms with Gasteiger partial charge in [0.25, 0.3) is 0 Å². The number of anilines is 1. The summed E-state index contributed by atoms with van der Waals surface area (Å²) in [6.07, 6.45) is 7.38. The molecule has 4 aromatic rings. The largest absolute Gasteiger partial charge is 0.463 e. The van der Waals surface area contributed by atoms with Gasteiger partial charge < -0.3 is 14.4 Å². The van der Waals surface area contributed by atoms with Gasteiger partial charge in [-0.2, -0.15) is 9.61 Å². The van der Waals surface area contributed by atoms with E-state index >= 15 is 0 Å². The highest BCUT2D eigenvalue weighted by Gasteiger charge is 2.33. The summed E-state index contributed by atoms with van der Waals surface area (Å²) in [5, 5.41) is 16.1. The monoisotopic (exact) mass is 403 g/mol. The van der Waals surface area contributed by atoms with Gasteiger partial charge in [0.1, 0.15) is 11.5 Å². The van der Waals surface area contributed by atoms with E-state index in [4.69, 9.17) is 14.5 Å². The molecule has 0 aromatic carbocycles. The summed E-state index contributed by atoms with van der Waals surface area (Å²) >= 11 is 0. The molecule has 0 unspecified atom stereocenters. The van der Waals surface area contributed by atoms with Crippen molar-refractivity contribution < 1.29 is 9.52 Å². The zero-order valence-corrected chi connectivity index (χ0v) is 17.2. The van der Waals surface area contributed by atoms with Gasteiger partial charge >= 0.3 is 0 Å². The van der Waals surface area contributed by atoms with Crippen LogP contribution in [0.25, 0.3) is 17.1 Å². The molecule has 7 nitrogen and oxygen atoms in total. The molecule has 30 heavy (non-hydrogen) atoms. The van der Waals surface area contributed by atoms with Crippen LogP contribution in [-0.4, -0.2) is 37.8 Å². The molecule has 4 aromatic heterocycles. The molecule has 5 rings (SSSR count). The fraction of sp³-hybridized carbons (Fsp3) is 0.348. The number of furan rings is 1. The summed E-state index contributed by atoms with van der Waals surface area (Å²) in [6, 6.07) is 9.57. The van der Waals surface area contributed by atoms with Gasteiger partial charge in [0.05, 0.1) is 11.9 Å². The van der Waals surface area contributed by atoms with Crippen LogP contribution in [-0.2, 0) is 5.60 Å². The van der Waals surface area contributed by atoms with Gasteiger partial charge in [0.2, 0.25) is 0 Å². The van der Waals surface area contributed by atoms with Gasteiger partial charge in [-0.05, 0) is 51.3 Å². The molecule has 1 aliphatic rings. The van der Waals surface area contributed by atoms with Crippen LogP contribution in [0.1, 0.15) is 36.1 Å². The van der Waals surface area contributed by atoms with Crippen molar-refractivity contribution >= 4 is 11.5 Å². The van der Waals surface area contributed by atoms with E-state index in [2.05, 4.69) is 16.8 Å². The average molecular weight is 403 g/mol. The van der Waals surface area contributed by atoms with Gasteiger partial charge in [0.15, 0.2) is 11.4 Å². The maximum Gasteiger partial charge on any atom is 0.158 e. The number of pyridine rings is 1. The Kier molecular flexibility index (Phi) is 4.55. The lowest BCUT2D eigenvalue weighted by Crippen LogP contribution is -2.31. The minimum Gasteiger partial charge on any atom is -0.463 e. The summed E-state index contributed by atoms with van der Waals surface area (Å²) in [5.74, 6) is 1.76. The normalized spacial score (nSPS) is 19.9. The Morgan fingerprint density at radius 2 is 2.03 bits per heavy atom. The third-order valence-electron chi connectivity index (χ3n) is 6.14. The van der Waals surface area contributed by atoms with E-state index in [9.17, 15) is 5.11 Å². The van der Waals surface area contributed by atoms with Crippen LogP contribution in [0.2, 0.25) is 0 Å². The maximum absolute atomic E-state index is 11.3. The van der Waals surface area contributed by atoms with Crippen molar-refractivity contribution in [3.8, 4) is 11.5 Å². The molecule has 5 heterocycles. The summed E-state index contributed by atoms with van der Waals surface area (Å²) in [6.45, 7) is 5.68. The van der Waals surface area contributed by atoms with E-state index in [1.807, 2.05) is 41.8 Å². The molecule has 1 N–H and O–H groups in total. The van der Waals surface area contributed by atoms with E-state index in [0.29, 0.717) is 12.8 Å². The first-order valence-electron chi connectivity index (χ1n) is 10.3. The van der Waals surface area contributed by atoms with E-state index in [1.165, 1.54) is 0 Å². The molecule has 0 amide bonds. The lowest BCUT2D eigenvalue weighted by Gasteiger charge is -2.28. The SMILES string of the molecule is Cc1nc2cc(-c3ccco3)nn2c(N2CCC[C@](O)(c3cccnc3)CC2)c1C. The van der Waals surface area contributed by atoms with E-state index in [0.717, 1.165) is 59.3 Å². The topological polar surface area (TPSA) is 79.7 Å². The summed E-state index contributed by atoms with van der Waals surface area (Å²) < 4.78 is 7.45. The van der Waals surface area contributed by atoms with Crippen LogP contribution >= 0.6 is 0 Å². The number of hydrogen-bond acceptors (Lipinski definition) is 6. The van der Waals surface area contributed by atoms with Crippen molar-refractivity contribution in [2.24, 2.45) is 0 Å². The predicted octanol–water partition coefficient (Wildman–Crippen LogP) is 3.88. The fourth-order valence-electron chi connectivity index (χ4n) is 4.36. The first kappa shape index (κ1) is 18.8. The molecule has 154 valence electrons. The van der Waals surface area contributed by atoms with Crippen LogP contribution in [0.5, 0.6) is 0 Å². The van der Waals surface area contributed by atoms with Crippen molar-refractivity contribution in [2.75, 3.05) is 18.0 Å². The van der Waals surface area contributed by atoms with Crippen LogP contribution in [0.3, 0.4) is 0 Å². The highest BCUT2D eigenvalue weighted by molar-refractivity contribution is 5.64. The summed E-state index contributed by atoms with van der Waals surface area (Å²) in [7, 11) is 0. The average Bonchev–Trinajstić information content (AvgIpc) is 3.38. The first-order chi connectivity index (χ1) is 14.5. The van der Waals surface area contributed by atoms with Crippen molar-refractivity contribution in [1.29, 1.82) is 0 Å². The number of aryl methyl sites for hydroxylation is 1. The van der Waals surface area contributed by atoms with Crippen molar-refractivity contribution in [3.63, 3.8) is 0 Å². The number of fused-ring (bicyclic) bond motifs is 1. The molecule has 0 radical (unpaired) electrons. The molecule has 0 spiro atoms. The summed E-state index contributed by atoms with van der Waals surface area (Å²) in [5.41, 5.74) is 3.67. The van der Waals surface area contributed by atoms with Crippen molar-refractivity contribution in [2.45, 2.75) is 38.7 Å². The quantitative estimate of drug-likeness (QED) is 0.559. The molecule has 1 atom stereocenters. The Hall–Kier alpha value is -3.19. The van der Waals surface area contributed by atoms with Gasteiger partial charge in [0, 0.05) is 48.4 Å². The second kappa shape index (κ2) is 7.25. The van der Waals surface area contributed by atoms with Crippen molar-refractivity contribution in [3.05, 3.63) is 65.8 Å². The highest BCUT2D eigenvalue weighted by atomic mass is 16.3. The van der Waals surface area contributed by atoms with Gasteiger partial charge in [-0.15, -0.1) is 0 Å². The molecule has 0 saturated carbocycles. The van der Waals surface area contributed by atoms with Crippen LogP contribution in [0, 0.1) is 13.8 Å². The Morgan fingerprint density at radius 1 is 1.13 bits per heavy atom. The fourth-order valence-corrected chi connectivity index (χ4v) is 4.36. The molecule has 1 fully saturated rings. The van der Waals surface area contributed by atoms with Crippen LogP contribution in [0.4, 0.5) is 5.82 Å². The molecule has 0 aliphatic carbocycles. The molecule has 1 aliphatic heterocycles. The zero-order chi connectivity index (χ0) is 20.7. The second-order valence-corrected chi connectivity index (χ2v) is 8.04. The van der Waals surface area contributed by atoms with E-state index < -0.39 is 5.60 Å².